The molecule has 0 saturated carbocycles. The van der Waals surface area contributed by atoms with Crippen LogP contribution in [0, 0.1) is 0 Å². The number of hydrazine groups is 1. The van der Waals surface area contributed by atoms with Gasteiger partial charge in [-0.25, -0.2) is 5.01 Å². The van der Waals surface area contributed by atoms with Crippen molar-refractivity contribution in [2.45, 2.75) is 97.1 Å². The number of hydrogen-bond donors (Lipinski definition) is 1. The number of piperidine rings is 1. The first-order valence-electron chi connectivity index (χ1n) is 8.27. The van der Waals surface area contributed by atoms with E-state index in [2.05, 4.69) is 31.2 Å². The second kappa shape index (κ2) is 9.80. The molecule has 2 nitrogen and oxygen atoms in total. The molecule has 0 bridgehead atoms. The molecule has 0 aliphatic carbocycles. The Morgan fingerprint density at radius 2 is 1.44 bits per heavy atom. The van der Waals surface area contributed by atoms with Crippen molar-refractivity contribution in [1.29, 1.82) is 0 Å². The Bertz CT molecular complexity index is 184. The second-order valence-corrected chi connectivity index (χ2v) is 6.07. The van der Waals surface area contributed by atoms with Gasteiger partial charge in [0.1, 0.15) is 0 Å². The summed E-state index contributed by atoms with van der Waals surface area (Å²) < 4.78 is 0. The summed E-state index contributed by atoms with van der Waals surface area (Å²) in [5.41, 5.74) is 3.66. The van der Waals surface area contributed by atoms with Gasteiger partial charge in [-0.2, -0.15) is 0 Å². The first-order valence-corrected chi connectivity index (χ1v) is 8.27. The van der Waals surface area contributed by atoms with Crippen molar-refractivity contribution in [3.8, 4) is 0 Å². The maximum atomic E-state index is 3.66. The lowest BCUT2D eigenvalue weighted by Gasteiger charge is -2.39. The van der Waals surface area contributed by atoms with E-state index in [9.17, 15) is 0 Å². The van der Waals surface area contributed by atoms with Gasteiger partial charge in [0.05, 0.1) is 0 Å². The lowest BCUT2D eigenvalue weighted by atomic mass is 10.00. The molecular formula is C16H34N2. The molecule has 2 unspecified atom stereocenters. The molecule has 1 heterocycles. The van der Waals surface area contributed by atoms with Crippen LogP contribution in [0.5, 0.6) is 0 Å². The Hall–Kier alpha value is -0.0800. The Kier molecular flexibility index (Phi) is 8.70. The van der Waals surface area contributed by atoms with Crippen molar-refractivity contribution >= 4 is 0 Å². The summed E-state index contributed by atoms with van der Waals surface area (Å²) in [6.07, 6.45) is 13.9. The Morgan fingerprint density at radius 3 is 2.06 bits per heavy atom. The number of unbranched alkanes of at least 4 members (excludes halogenated alkanes) is 6. The highest BCUT2D eigenvalue weighted by molar-refractivity contribution is 4.76. The quantitative estimate of drug-likeness (QED) is 0.609. The molecule has 1 rings (SSSR count). The van der Waals surface area contributed by atoms with Gasteiger partial charge < -0.3 is 0 Å². The van der Waals surface area contributed by atoms with Crippen LogP contribution in [0.25, 0.3) is 0 Å². The molecule has 0 amide bonds. The molecule has 2 atom stereocenters. The molecule has 1 saturated heterocycles. The van der Waals surface area contributed by atoms with Crippen LogP contribution in [0.1, 0.15) is 85.0 Å². The van der Waals surface area contributed by atoms with Gasteiger partial charge in [0.15, 0.2) is 0 Å². The molecule has 0 spiro atoms. The molecule has 0 aromatic rings. The van der Waals surface area contributed by atoms with E-state index in [1.807, 2.05) is 0 Å². The average molecular weight is 254 g/mol. The summed E-state index contributed by atoms with van der Waals surface area (Å²) in [4.78, 5) is 0. The van der Waals surface area contributed by atoms with E-state index < -0.39 is 0 Å². The van der Waals surface area contributed by atoms with Crippen LogP contribution >= 0.6 is 0 Å². The monoisotopic (exact) mass is 254 g/mol. The van der Waals surface area contributed by atoms with E-state index in [4.69, 9.17) is 0 Å². The number of nitrogens with zero attached hydrogens (tertiary/aromatic N) is 1. The second-order valence-electron chi connectivity index (χ2n) is 6.07. The van der Waals surface area contributed by atoms with Crippen LogP contribution in [0.4, 0.5) is 0 Å². The van der Waals surface area contributed by atoms with Crippen LogP contribution in [-0.2, 0) is 0 Å². The first-order chi connectivity index (χ1) is 8.75. The fraction of sp³-hybridized carbons (Fsp3) is 1.00. The van der Waals surface area contributed by atoms with E-state index >= 15 is 0 Å². The van der Waals surface area contributed by atoms with E-state index in [0.29, 0.717) is 0 Å². The third kappa shape index (κ3) is 6.19. The van der Waals surface area contributed by atoms with E-state index in [0.717, 1.165) is 12.1 Å². The average Bonchev–Trinajstić information content (AvgIpc) is 2.35. The molecule has 1 N–H and O–H groups in total. The van der Waals surface area contributed by atoms with Crippen molar-refractivity contribution in [1.82, 2.24) is 10.4 Å². The van der Waals surface area contributed by atoms with E-state index in [-0.39, 0.29) is 0 Å². The molecule has 1 aliphatic heterocycles. The molecule has 18 heavy (non-hydrogen) atoms. The molecular weight excluding hydrogens is 220 g/mol. The molecule has 1 fully saturated rings. The van der Waals surface area contributed by atoms with E-state index in [1.165, 1.54) is 70.8 Å². The standard InChI is InChI=1S/C16H34N2/c1-4-5-6-7-8-9-10-14-17-18-15(2)12-11-13-16(18)3/h15-17H,4-14H2,1-3H3. The van der Waals surface area contributed by atoms with Gasteiger partial charge in [0, 0.05) is 18.6 Å². The van der Waals surface area contributed by atoms with Crippen LogP contribution in [-0.4, -0.2) is 23.6 Å². The highest BCUT2D eigenvalue weighted by atomic mass is 15.5. The predicted octanol–water partition coefficient (Wildman–Crippen LogP) is 4.50. The fourth-order valence-corrected chi connectivity index (χ4v) is 3.02. The van der Waals surface area contributed by atoms with Crippen LogP contribution < -0.4 is 5.43 Å². The molecule has 0 aromatic carbocycles. The van der Waals surface area contributed by atoms with Gasteiger partial charge in [-0.3, -0.25) is 5.43 Å². The van der Waals surface area contributed by atoms with Gasteiger partial charge in [-0.05, 0) is 33.1 Å². The lowest BCUT2D eigenvalue weighted by molar-refractivity contribution is 0.0459. The fourth-order valence-electron chi connectivity index (χ4n) is 3.02. The zero-order valence-corrected chi connectivity index (χ0v) is 12.9. The summed E-state index contributed by atoms with van der Waals surface area (Å²) in [6, 6.07) is 1.44. The SMILES string of the molecule is CCCCCCCCCNN1C(C)CCCC1C. The van der Waals surface area contributed by atoms with Crippen LogP contribution in [0.2, 0.25) is 0 Å². The zero-order chi connectivity index (χ0) is 13.2. The van der Waals surface area contributed by atoms with Crippen LogP contribution in [0.15, 0.2) is 0 Å². The van der Waals surface area contributed by atoms with Crippen molar-refractivity contribution in [2.75, 3.05) is 6.54 Å². The molecule has 0 aromatic heterocycles. The summed E-state index contributed by atoms with van der Waals surface area (Å²) in [6.45, 7) is 8.16. The lowest BCUT2D eigenvalue weighted by Crippen LogP contribution is -2.52. The maximum absolute atomic E-state index is 3.66. The summed E-state index contributed by atoms with van der Waals surface area (Å²) in [7, 11) is 0. The van der Waals surface area contributed by atoms with Gasteiger partial charge in [-0.15, -0.1) is 0 Å². The molecule has 2 heteroatoms. The minimum Gasteiger partial charge on any atom is -0.255 e. The largest absolute Gasteiger partial charge is 0.255 e. The Morgan fingerprint density at radius 1 is 0.889 bits per heavy atom. The highest BCUT2D eigenvalue weighted by Gasteiger charge is 2.23. The van der Waals surface area contributed by atoms with Crippen molar-refractivity contribution in [2.24, 2.45) is 0 Å². The van der Waals surface area contributed by atoms with Crippen molar-refractivity contribution in [3.05, 3.63) is 0 Å². The van der Waals surface area contributed by atoms with E-state index in [1.54, 1.807) is 0 Å². The number of hydrogen-bond acceptors (Lipinski definition) is 2. The third-order valence-electron chi connectivity index (χ3n) is 4.27. The summed E-state index contributed by atoms with van der Waals surface area (Å²) in [5, 5.41) is 2.50. The third-order valence-corrected chi connectivity index (χ3v) is 4.27. The number of rotatable bonds is 9. The minimum atomic E-state index is 0.721. The predicted molar refractivity (Wildman–Crippen MR) is 80.6 cm³/mol. The van der Waals surface area contributed by atoms with Gasteiger partial charge in [-0.1, -0.05) is 51.9 Å². The van der Waals surface area contributed by atoms with Crippen LogP contribution in [0.3, 0.4) is 0 Å². The highest BCUT2D eigenvalue weighted by Crippen LogP contribution is 2.20. The van der Waals surface area contributed by atoms with Gasteiger partial charge >= 0.3 is 0 Å². The van der Waals surface area contributed by atoms with Gasteiger partial charge in [0.2, 0.25) is 0 Å². The first kappa shape index (κ1) is 16.0. The Balaban J connectivity index is 1.96. The topological polar surface area (TPSA) is 15.3 Å². The Labute approximate surface area is 114 Å². The minimum absolute atomic E-state index is 0.721. The number of nitrogens with one attached hydrogen (secondary N) is 1. The van der Waals surface area contributed by atoms with Crippen molar-refractivity contribution in [3.63, 3.8) is 0 Å². The van der Waals surface area contributed by atoms with Crippen molar-refractivity contribution < 1.29 is 0 Å². The molecule has 108 valence electrons. The zero-order valence-electron chi connectivity index (χ0n) is 12.9. The van der Waals surface area contributed by atoms with Gasteiger partial charge in [0.25, 0.3) is 0 Å². The molecule has 0 radical (unpaired) electrons. The summed E-state index contributed by atoms with van der Waals surface area (Å²) >= 11 is 0. The maximum Gasteiger partial charge on any atom is 0.0218 e. The normalized spacial score (nSPS) is 25.5. The molecule has 1 aliphatic rings. The summed E-state index contributed by atoms with van der Waals surface area (Å²) in [5.74, 6) is 0. The smallest absolute Gasteiger partial charge is 0.0218 e.